The van der Waals surface area contributed by atoms with Crippen LogP contribution in [0.1, 0.15) is 33.3 Å². The van der Waals surface area contributed by atoms with Crippen molar-refractivity contribution in [1.82, 2.24) is 4.98 Å². The molecule has 2 heterocycles. The maximum Gasteiger partial charge on any atom is 0.497 e. The molecule has 0 aliphatic carbocycles. The van der Waals surface area contributed by atoms with Gasteiger partial charge in [0.1, 0.15) is 5.82 Å². The molecule has 0 spiro atoms. The second kappa shape index (κ2) is 4.76. The van der Waals surface area contributed by atoms with Gasteiger partial charge in [-0.2, -0.15) is 5.26 Å². The molecule has 106 valence electrons. The number of rotatable bonds is 2. The van der Waals surface area contributed by atoms with Gasteiger partial charge in [0.2, 0.25) is 0 Å². The first-order valence-electron chi connectivity index (χ1n) is 6.61. The monoisotopic (exact) mass is 273 g/mol. The minimum Gasteiger partial charge on any atom is -0.399 e. The summed E-state index contributed by atoms with van der Waals surface area (Å²) in [4.78, 5) is 6.20. The van der Waals surface area contributed by atoms with Crippen molar-refractivity contribution in [3.8, 4) is 6.07 Å². The highest BCUT2D eigenvalue weighted by Gasteiger charge is 2.52. The Morgan fingerprint density at radius 3 is 2.20 bits per heavy atom. The van der Waals surface area contributed by atoms with Gasteiger partial charge in [-0.05, 0) is 33.8 Å². The Labute approximate surface area is 120 Å². The molecule has 0 unspecified atom stereocenters. The average Bonchev–Trinajstić information content (AvgIpc) is 2.57. The van der Waals surface area contributed by atoms with Gasteiger partial charge in [0.15, 0.2) is 0 Å². The number of anilines is 1. The molecule has 1 aliphatic rings. The van der Waals surface area contributed by atoms with Crippen LogP contribution in [0.25, 0.3) is 0 Å². The molecular formula is C14H20BN3O2. The topological polar surface area (TPSA) is 58.4 Å². The van der Waals surface area contributed by atoms with E-state index in [2.05, 4.69) is 11.1 Å². The van der Waals surface area contributed by atoms with Crippen LogP contribution < -0.4 is 10.4 Å². The predicted octanol–water partition coefficient (Wildman–Crippen LogP) is 1.32. The number of hydrogen-bond acceptors (Lipinski definition) is 5. The Hall–Kier alpha value is -1.58. The van der Waals surface area contributed by atoms with Crippen molar-refractivity contribution in [3.63, 3.8) is 0 Å². The molecule has 0 aromatic carbocycles. The summed E-state index contributed by atoms with van der Waals surface area (Å²) in [6.07, 6.45) is 1.66. The van der Waals surface area contributed by atoms with Crippen LogP contribution in [0.5, 0.6) is 0 Å². The van der Waals surface area contributed by atoms with Crippen molar-refractivity contribution in [2.24, 2.45) is 0 Å². The van der Waals surface area contributed by atoms with E-state index in [9.17, 15) is 5.26 Å². The van der Waals surface area contributed by atoms with Crippen molar-refractivity contribution >= 4 is 18.4 Å². The van der Waals surface area contributed by atoms with Gasteiger partial charge in [0.05, 0.1) is 22.8 Å². The molecule has 0 N–H and O–H groups in total. The zero-order chi connectivity index (χ0) is 15.1. The Morgan fingerprint density at radius 1 is 1.20 bits per heavy atom. The van der Waals surface area contributed by atoms with E-state index in [1.807, 2.05) is 46.7 Å². The molecule has 0 atom stereocenters. The number of pyridine rings is 1. The normalized spacial score (nSPS) is 19.8. The van der Waals surface area contributed by atoms with E-state index >= 15 is 0 Å². The largest absolute Gasteiger partial charge is 0.497 e. The van der Waals surface area contributed by atoms with Gasteiger partial charge in [0, 0.05) is 25.8 Å². The zero-order valence-corrected chi connectivity index (χ0v) is 12.9. The highest BCUT2D eigenvalue weighted by Crippen LogP contribution is 2.36. The first kappa shape index (κ1) is 14.8. The summed E-state index contributed by atoms with van der Waals surface area (Å²) in [7, 11) is 3.22. The molecule has 5 nitrogen and oxygen atoms in total. The van der Waals surface area contributed by atoms with Crippen LogP contribution in [0.4, 0.5) is 5.82 Å². The summed E-state index contributed by atoms with van der Waals surface area (Å²) >= 11 is 0. The van der Waals surface area contributed by atoms with E-state index < -0.39 is 18.3 Å². The summed E-state index contributed by atoms with van der Waals surface area (Å²) in [6.45, 7) is 7.95. The molecule has 6 heteroatoms. The third-order valence-electron chi connectivity index (χ3n) is 4.01. The summed E-state index contributed by atoms with van der Waals surface area (Å²) in [6, 6.07) is 3.95. The zero-order valence-electron chi connectivity index (χ0n) is 12.9. The lowest BCUT2D eigenvalue weighted by atomic mass is 9.77. The Kier molecular flexibility index (Phi) is 3.53. The minimum atomic E-state index is -0.557. The van der Waals surface area contributed by atoms with Crippen LogP contribution >= 0.6 is 0 Å². The molecule has 0 bridgehead atoms. The Bertz CT molecular complexity index is 548. The van der Waals surface area contributed by atoms with Gasteiger partial charge >= 0.3 is 7.12 Å². The van der Waals surface area contributed by atoms with E-state index in [-0.39, 0.29) is 0 Å². The Balaban J connectivity index is 2.38. The maximum absolute atomic E-state index is 9.34. The molecule has 1 aromatic rings. The first-order chi connectivity index (χ1) is 9.18. The highest BCUT2D eigenvalue weighted by atomic mass is 16.7. The van der Waals surface area contributed by atoms with Crippen molar-refractivity contribution < 1.29 is 9.31 Å². The van der Waals surface area contributed by atoms with Gasteiger partial charge in [-0.3, -0.25) is 0 Å². The Morgan fingerprint density at radius 2 is 1.75 bits per heavy atom. The molecule has 1 fully saturated rings. The number of hydrogen-bond donors (Lipinski definition) is 0. The molecule has 1 saturated heterocycles. The SMILES string of the molecule is CN(C)c1cc(C#N)c(B2OC(C)(C)C(C)(C)O2)cn1. The van der Waals surface area contributed by atoms with E-state index in [4.69, 9.17) is 9.31 Å². The van der Waals surface area contributed by atoms with Crippen LogP contribution in [0, 0.1) is 11.3 Å². The predicted molar refractivity (Wildman–Crippen MR) is 79.0 cm³/mol. The van der Waals surface area contributed by atoms with Crippen LogP contribution in [-0.4, -0.2) is 37.4 Å². The number of aromatic nitrogens is 1. The van der Waals surface area contributed by atoms with Gasteiger partial charge in [-0.1, -0.05) is 0 Å². The van der Waals surface area contributed by atoms with Crippen LogP contribution in [-0.2, 0) is 9.31 Å². The lowest BCUT2D eigenvalue weighted by molar-refractivity contribution is 0.00578. The smallest absolute Gasteiger partial charge is 0.399 e. The van der Waals surface area contributed by atoms with E-state index in [1.54, 1.807) is 12.3 Å². The first-order valence-corrected chi connectivity index (χ1v) is 6.61. The molecule has 0 saturated carbocycles. The van der Waals surface area contributed by atoms with Gasteiger partial charge in [-0.15, -0.1) is 0 Å². The molecule has 1 aromatic heterocycles. The van der Waals surface area contributed by atoms with E-state index in [0.29, 0.717) is 11.0 Å². The molecular weight excluding hydrogens is 253 g/mol. The van der Waals surface area contributed by atoms with Crippen LogP contribution in [0.15, 0.2) is 12.3 Å². The van der Waals surface area contributed by atoms with E-state index in [0.717, 1.165) is 5.82 Å². The quantitative estimate of drug-likeness (QED) is 0.760. The van der Waals surface area contributed by atoms with Crippen LogP contribution in [0.3, 0.4) is 0 Å². The number of nitrogens with zero attached hydrogens (tertiary/aromatic N) is 3. The standard InChI is InChI=1S/C14H20BN3O2/c1-13(2)14(3,4)20-15(19-13)11-9-17-12(18(5)6)7-10(11)8-16/h7,9H,1-6H3. The lowest BCUT2D eigenvalue weighted by Crippen LogP contribution is -2.41. The summed E-state index contributed by atoms with van der Waals surface area (Å²) < 4.78 is 11.9. The van der Waals surface area contributed by atoms with Gasteiger partial charge < -0.3 is 14.2 Å². The molecule has 2 rings (SSSR count). The second-order valence-electron chi connectivity index (χ2n) is 6.22. The van der Waals surface area contributed by atoms with Gasteiger partial charge in [-0.25, -0.2) is 4.98 Å². The third-order valence-corrected chi connectivity index (χ3v) is 4.01. The van der Waals surface area contributed by atoms with E-state index in [1.165, 1.54) is 0 Å². The van der Waals surface area contributed by atoms with Crippen molar-refractivity contribution in [2.45, 2.75) is 38.9 Å². The number of nitriles is 1. The third kappa shape index (κ3) is 2.39. The molecule has 1 aliphatic heterocycles. The highest BCUT2D eigenvalue weighted by molar-refractivity contribution is 6.62. The molecule has 0 radical (unpaired) electrons. The van der Waals surface area contributed by atoms with Gasteiger partial charge in [0.25, 0.3) is 0 Å². The summed E-state index contributed by atoms with van der Waals surface area (Å²) in [5.41, 5.74) is 0.355. The summed E-state index contributed by atoms with van der Waals surface area (Å²) in [5, 5.41) is 9.34. The van der Waals surface area contributed by atoms with Crippen LogP contribution in [0.2, 0.25) is 0 Å². The fourth-order valence-electron chi connectivity index (χ4n) is 1.95. The van der Waals surface area contributed by atoms with Crippen molar-refractivity contribution in [3.05, 3.63) is 17.8 Å². The lowest BCUT2D eigenvalue weighted by Gasteiger charge is -2.32. The fourth-order valence-corrected chi connectivity index (χ4v) is 1.95. The second-order valence-corrected chi connectivity index (χ2v) is 6.22. The molecule has 20 heavy (non-hydrogen) atoms. The average molecular weight is 273 g/mol. The minimum absolute atomic E-state index is 0.426. The van der Waals surface area contributed by atoms with Crippen molar-refractivity contribution in [1.29, 1.82) is 5.26 Å². The van der Waals surface area contributed by atoms with Crippen molar-refractivity contribution in [2.75, 3.05) is 19.0 Å². The maximum atomic E-state index is 9.34. The summed E-state index contributed by atoms with van der Waals surface area (Å²) in [5.74, 6) is 0.738. The fraction of sp³-hybridized carbons (Fsp3) is 0.571. The molecule has 0 amide bonds.